The number of hydrogen-bond donors (Lipinski definition) is 2. The Kier molecular flexibility index (Phi) is 7.42. The van der Waals surface area contributed by atoms with Crippen molar-refractivity contribution < 1.29 is 9.59 Å². The summed E-state index contributed by atoms with van der Waals surface area (Å²) >= 11 is 1.72. The Morgan fingerprint density at radius 1 is 0.946 bits per heavy atom. The summed E-state index contributed by atoms with van der Waals surface area (Å²) in [4.78, 5) is 33.6. The Morgan fingerprint density at radius 2 is 1.68 bits per heavy atom. The van der Waals surface area contributed by atoms with Crippen molar-refractivity contribution in [2.45, 2.75) is 32.7 Å². The molecule has 6 nitrogen and oxygen atoms in total. The van der Waals surface area contributed by atoms with Gasteiger partial charge in [0, 0.05) is 29.2 Å². The van der Waals surface area contributed by atoms with Crippen LogP contribution in [0.25, 0.3) is 0 Å². The van der Waals surface area contributed by atoms with Gasteiger partial charge in [-0.25, -0.2) is 4.99 Å². The van der Waals surface area contributed by atoms with E-state index >= 15 is 0 Å². The van der Waals surface area contributed by atoms with Crippen LogP contribution in [0.4, 0.5) is 11.4 Å². The van der Waals surface area contributed by atoms with E-state index in [9.17, 15) is 9.59 Å². The van der Waals surface area contributed by atoms with Gasteiger partial charge in [-0.15, -0.1) is 0 Å². The third-order valence-corrected chi connectivity index (χ3v) is 7.70. The number of nitrogens with one attached hydrogen (secondary N) is 2. The fourth-order valence-electron chi connectivity index (χ4n) is 4.71. The minimum atomic E-state index is -0.301. The van der Waals surface area contributed by atoms with Gasteiger partial charge in [0.1, 0.15) is 0 Å². The van der Waals surface area contributed by atoms with E-state index < -0.39 is 0 Å². The molecular weight excluding hydrogens is 480 g/mol. The molecule has 2 aliphatic rings. The molecule has 7 heteroatoms. The van der Waals surface area contributed by atoms with Gasteiger partial charge in [-0.3, -0.25) is 9.59 Å². The van der Waals surface area contributed by atoms with Gasteiger partial charge in [0.15, 0.2) is 5.17 Å². The highest BCUT2D eigenvalue weighted by Crippen LogP contribution is 2.40. The third kappa shape index (κ3) is 5.47. The molecule has 3 aromatic carbocycles. The number of nitrogens with zero attached hydrogens (tertiary/aromatic N) is 2. The second-order valence-electron chi connectivity index (χ2n) is 9.14. The van der Waals surface area contributed by atoms with Crippen LogP contribution < -0.4 is 10.6 Å². The quantitative estimate of drug-likeness (QED) is 0.410. The predicted octanol–water partition coefficient (Wildman–Crippen LogP) is 6.26. The lowest BCUT2D eigenvalue weighted by atomic mass is 9.93. The molecule has 2 aliphatic heterocycles. The Bertz CT molecular complexity index is 1370. The average Bonchev–Trinajstić information content (AvgIpc) is 2.93. The molecule has 1 unspecified atom stereocenters. The zero-order chi connectivity index (χ0) is 25.8. The third-order valence-electron chi connectivity index (χ3n) is 6.62. The van der Waals surface area contributed by atoms with E-state index in [1.807, 2.05) is 85.8 Å². The van der Waals surface area contributed by atoms with Gasteiger partial charge in [-0.2, -0.15) is 0 Å². The van der Waals surface area contributed by atoms with Crippen LogP contribution in [0.5, 0.6) is 0 Å². The summed E-state index contributed by atoms with van der Waals surface area (Å²) in [5, 5.41) is 7.02. The van der Waals surface area contributed by atoms with E-state index in [0.29, 0.717) is 22.5 Å². The number of benzene rings is 3. The SMILES string of the molecule is CCc1ccc(C(=O)Nc2cccc(C3C(C(=O)Nc4ccccc4)=C(C)N=C4SCCCN43)c2)cc1. The van der Waals surface area contributed by atoms with Crippen LogP contribution in [-0.2, 0) is 11.2 Å². The van der Waals surface area contributed by atoms with Crippen LogP contribution in [-0.4, -0.2) is 34.2 Å². The fraction of sp³-hybridized carbons (Fsp3) is 0.233. The first kappa shape index (κ1) is 24.8. The van der Waals surface area contributed by atoms with Gasteiger partial charge in [0.25, 0.3) is 11.8 Å². The van der Waals surface area contributed by atoms with Crippen LogP contribution in [0, 0.1) is 0 Å². The molecule has 37 heavy (non-hydrogen) atoms. The Hall–Kier alpha value is -3.84. The fourth-order valence-corrected chi connectivity index (χ4v) is 5.73. The number of anilines is 2. The number of thioether (sulfide) groups is 1. The van der Waals surface area contributed by atoms with E-state index in [1.165, 1.54) is 5.56 Å². The van der Waals surface area contributed by atoms with Crippen molar-refractivity contribution in [1.29, 1.82) is 0 Å². The topological polar surface area (TPSA) is 73.8 Å². The van der Waals surface area contributed by atoms with E-state index in [0.717, 1.165) is 41.6 Å². The molecule has 0 bridgehead atoms. The van der Waals surface area contributed by atoms with Crippen molar-refractivity contribution in [1.82, 2.24) is 4.90 Å². The second-order valence-corrected chi connectivity index (χ2v) is 10.2. The summed E-state index contributed by atoms with van der Waals surface area (Å²) < 4.78 is 0. The lowest BCUT2D eigenvalue weighted by molar-refractivity contribution is -0.113. The van der Waals surface area contributed by atoms with Crippen molar-refractivity contribution >= 4 is 40.1 Å². The number of aryl methyl sites for hydroxylation is 1. The predicted molar refractivity (Wildman–Crippen MR) is 152 cm³/mol. The smallest absolute Gasteiger partial charge is 0.255 e. The second kappa shape index (κ2) is 11.0. The molecule has 2 heterocycles. The highest BCUT2D eigenvalue weighted by Gasteiger charge is 2.37. The molecule has 0 spiro atoms. The Labute approximate surface area is 221 Å². The molecule has 0 aromatic heterocycles. The molecule has 2 N–H and O–H groups in total. The standard InChI is InChI=1S/C30H30N4O2S/c1-3-21-13-15-22(16-14-21)28(35)33-25-12-7-9-23(19-25)27-26(29(36)32-24-10-5-4-6-11-24)20(2)31-30-34(27)17-8-18-37-30/h4-7,9-16,19,27H,3,8,17-18H2,1-2H3,(H,32,36)(H,33,35). The molecule has 2 amide bonds. The number of carbonyl (C=O) groups excluding carboxylic acids is 2. The van der Waals surface area contributed by atoms with Crippen LogP contribution in [0.2, 0.25) is 0 Å². The Balaban J connectivity index is 1.46. The highest BCUT2D eigenvalue weighted by atomic mass is 32.2. The van der Waals surface area contributed by atoms with E-state index in [2.05, 4.69) is 22.5 Å². The van der Waals surface area contributed by atoms with Crippen molar-refractivity contribution in [3.05, 3.63) is 107 Å². The maximum atomic E-state index is 13.6. The summed E-state index contributed by atoms with van der Waals surface area (Å²) in [6, 6.07) is 24.6. The van der Waals surface area contributed by atoms with Gasteiger partial charge in [0.05, 0.1) is 17.3 Å². The molecule has 5 rings (SSSR count). The normalized spacial score (nSPS) is 17.1. The first-order valence-electron chi connectivity index (χ1n) is 12.6. The van der Waals surface area contributed by atoms with Crippen LogP contribution >= 0.6 is 11.8 Å². The molecule has 1 saturated heterocycles. The van der Waals surface area contributed by atoms with Gasteiger partial charge in [-0.1, -0.05) is 61.2 Å². The maximum Gasteiger partial charge on any atom is 0.255 e. The molecule has 0 radical (unpaired) electrons. The molecular formula is C30H30N4O2S. The summed E-state index contributed by atoms with van der Waals surface area (Å²) in [6.45, 7) is 4.80. The van der Waals surface area contributed by atoms with Crippen molar-refractivity contribution in [3.63, 3.8) is 0 Å². The molecule has 3 aromatic rings. The highest BCUT2D eigenvalue weighted by molar-refractivity contribution is 8.13. The first-order chi connectivity index (χ1) is 18.0. The zero-order valence-electron chi connectivity index (χ0n) is 21.0. The van der Waals surface area contributed by atoms with Crippen LogP contribution in [0.3, 0.4) is 0 Å². The lowest BCUT2D eigenvalue weighted by Crippen LogP contribution is -2.43. The summed E-state index contributed by atoms with van der Waals surface area (Å²) in [5.74, 6) is 0.680. The van der Waals surface area contributed by atoms with E-state index in [1.54, 1.807) is 11.8 Å². The average molecular weight is 511 g/mol. The number of allylic oxidation sites excluding steroid dienone is 1. The van der Waals surface area contributed by atoms with Gasteiger partial charge in [-0.05, 0) is 67.3 Å². The first-order valence-corrected chi connectivity index (χ1v) is 13.6. The molecule has 0 aliphatic carbocycles. The minimum absolute atomic E-state index is 0.159. The number of carbonyl (C=O) groups is 2. The number of hydrogen-bond acceptors (Lipinski definition) is 5. The summed E-state index contributed by atoms with van der Waals surface area (Å²) in [6.07, 6.45) is 1.94. The number of para-hydroxylation sites is 1. The zero-order valence-corrected chi connectivity index (χ0v) is 21.8. The minimum Gasteiger partial charge on any atom is -0.340 e. The lowest BCUT2D eigenvalue weighted by Gasteiger charge is -2.41. The van der Waals surface area contributed by atoms with Crippen molar-refractivity contribution in [2.24, 2.45) is 4.99 Å². The molecule has 188 valence electrons. The molecule has 1 fully saturated rings. The molecule has 0 saturated carbocycles. The maximum absolute atomic E-state index is 13.6. The number of rotatable bonds is 6. The van der Waals surface area contributed by atoms with Gasteiger partial charge in [0.2, 0.25) is 0 Å². The van der Waals surface area contributed by atoms with Crippen molar-refractivity contribution in [2.75, 3.05) is 22.9 Å². The number of fused-ring (bicyclic) bond motifs is 1. The Morgan fingerprint density at radius 3 is 2.43 bits per heavy atom. The monoisotopic (exact) mass is 510 g/mol. The number of amidine groups is 1. The van der Waals surface area contributed by atoms with Crippen LogP contribution in [0.1, 0.15) is 47.8 Å². The van der Waals surface area contributed by atoms with Gasteiger partial charge < -0.3 is 15.5 Å². The summed E-state index contributed by atoms with van der Waals surface area (Å²) in [5.41, 5.74) is 5.50. The summed E-state index contributed by atoms with van der Waals surface area (Å²) in [7, 11) is 0. The van der Waals surface area contributed by atoms with E-state index in [4.69, 9.17) is 4.99 Å². The molecule has 1 atom stereocenters. The number of aliphatic imine (C=N–C) groups is 1. The van der Waals surface area contributed by atoms with Crippen LogP contribution in [0.15, 0.2) is 95.1 Å². The van der Waals surface area contributed by atoms with Crippen molar-refractivity contribution in [3.8, 4) is 0 Å². The largest absolute Gasteiger partial charge is 0.340 e. The number of amides is 2. The van der Waals surface area contributed by atoms with Gasteiger partial charge >= 0.3 is 0 Å². The van der Waals surface area contributed by atoms with E-state index in [-0.39, 0.29) is 17.9 Å².